The van der Waals surface area contributed by atoms with Gasteiger partial charge >= 0.3 is 6.09 Å². The Bertz CT molecular complexity index is 470. The standard InChI is InChI=1S/C14H17NO3/c16-10-7-13(15(8-10)14(17)18)12-4-2-1-3-11(12)9-5-6-9/h1-4,9-10,13,16H,5-8H2,(H,17,18). The van der Waals surface area contributed by atoms with Crippen LogP contribution in [0.25, 0.3) is 0 Å². The molecule has 1 saturated heterocycles. The summed E-state index contributed by atoms with van der Waals surface area (Å²) in [7, 11) is 0. The Hall–Kier alpha value is -1.55. The van der Waals surface area contributed by atoms with Crippen molar-refractivity contribution in [3.8, 4) is 0 Å². The van der Waals surface area contributed by atoms with E-state index in [1.54, 1.807) is 0 Å². The number of carboxylic acid groups (broad SMARTS) is 1. The third-order valence-electron chi connectivity index (χ3n) is 3.90. The molecule has 0 spiro atoms. The lowest BCUT2D eigenvalue weighted by molar-refractivity contribution is 0.131. The molecule has 2 fully saturated rings. The number of β-amino-alcohol motifs (C(OH)–C–C–N with tert-alkyl or cyclic N) is 1. The number of carbonyl (C=O) groups is 1. The molecule has 18 heavy (non-hydrogen) atoms. The Labute approximate surface area is 106 Å². The molecule has 1 amide bonds. The second-order valence-corrected chi connectivity index (χ2v) is 5.24. The predicted molar refractivity (Wildman–Crippen MR) is 66.5 cm³/mol. The molecule has 2 N–H and O–H groups in total. The Morgan fingerprint density at radius 1 is 1.22 bits per heavy atom. The monoisotopic (exact) mass is 247 g/mol. The smallest absolute Gasteiger partial charge is 0.407 e. The van der Waals surface area contributed by atoms with Crippen LogP contribution in [0.4, 0.5) is 4.79 Å². The highest BCUT2D eigenvalue weighted by molar-refractivity contribution is 5.66. The predicted octanol–water partition coefficient (Wildman–Crippen LogP) is 2.35. The van der Waals surface area contributed by atoms with E-state index in [-0.39, 0.29) is 12.6 Å². The third-order valence-corrected chi connectivity index (χ3v) is 3.90. The van der Waals surface area contributed by atoms with Gasteiger partial charge < -0.3 is 10.2 Å². The SMILES string of the molecule is O=C(O)N1CC(O)CC1c1ccccc1C1CC1. The fourth-order valence-electron chi connectivity index (χ4n) is 2.90. The second kappa shape index (κ2) is 4.28. The second-order valence-electron chi connectivity index (χ2n) is 5.24. The van der Waals surface area contributed by atoms with Crippen LogP contribution in [-0.4, -0.2) is 33.9 Å². The number of amides is 1. The van der Waals surface area contributed by atoms with Crippen molar-refractivity contribution in [3.05, 3.63) is 35.4 Å². The molecule has 1 aliphatic heterocycles. The Morgan fingerprint density at radius 2 is 1.89 bits per heavy atom. The molecule has 1 aliphatic carbocycles. The quantitative estimate of drug-likeness (QED) is 0.843. The first-order chi connectivity index (χ1) is 8.66. The van der Waals surface area contributed by atoms with Crippen molar-refractivity contribution in [2.75, 3.05) is 6.54 Å². The molecule has 0 radical (unpaired) electrons. The van der Waals surface area contributed by atoms with Gasteiger partial charge in [0, 0.05) is 0 Å². The number of rotatable bonds is 2. The van der Waals surface area contributed by atoms with E-state index in [1.807, 2.05) is 18.2 Å². The van der Waals surface area contributed by atoms with Gasteiger partial charge in [-0.25, -0.2) is 4.79 Å². The molecule has 2 aliphatic rings. The highest BCUT2D eigenvalue weighted by Crippen LogP contribution is 2.45. The topological polar surface area (TPSA) is 60.8 Å². The lowest BCUT2D eigenvalue weighted by Crippen LogP contribution is -2.30. The van der Waals surface area contributed by atoms with E-state index in [2.05, 4.69) is 6.07 Å². The minimum Gasteiger partial charge on any atom is -0.465 e. The number of likely N-dealkylation sites (tertiary alicyclic amines) is 1. The van der Waals surface area contributed by atoms with Crippen molar-refractivity contribution in [3.63, 3.8) is 0 Å². The van der Waals surface area contributed by atoms with Crippen molar-refractivity contribution < 1.29 is 15.0 Å². The average Bonchev–Trinajstić information content (AvgIpc) is 3.12. The lowest BCUT2D eigenvalue weighted by atomic mass is 9.95. The number of nitrogens with zero attached hydrogens (tertiary/aromatic N) is 1. The van der Waals surface area contributed by atoms with Gasteiger partial charge in [-0.2, -0.15) is 0 Å². The zero-order valence-corrected chi connectivity index (χ0v) is 10.1. The summed E-state index contributed by atoms with van der Waals surface area (Å²) < 4.78 is 0. The summed E-state index contributed by atoms with van der Waals surface area (Å²) in [6.45, 7) is 0.221. The minimum atomic E-state index is -0.942. The van der Waals surface area contributed by atoms with Gasteiger partial charge in [-0.15, -0.1) is 0 Å². The largest absolute Gasteiger partial charge is 0.465 e. The zero-order chi connectivity index (χ0) is 12.7. The van der Waals surface area contributed by atoms with Crippen LogP contribution in [0.1, 0.15) is 42.3 Å². The third kappa shape index (κ3) is 1.97. The molecule has 2 unspecified atom stereocenters. The van der Waals surface area contributed by atoms with Crippen LogP contribution in [0.2, 0.25) is 0 Å². The number of aliphatic hydroxyl groups is 1. The Morgan fingerprint density at radius 3 is 2.50 bits per heavy atom. The van der Waals surface area contributed by atoms with Crippen LogP contribution in [0.3, 0.4) is 0 Å². The fourth-order valence-corrected chi connectivity index (χ4v) is 2.90. The van der Waals surface area contributed by atoms with Crippen LogP contribution >= 0.6 is 0 Å². The summed E-state index contributed by atoms with van der Waals surface area (Å²) in [5.41, 5.74) is 2.35. The molecule has 1 saturated carbocycles. The van der Waals surface area contributed by atoms with E-state index < -0.39 is 12.2 Å². The summed E-state index contributed by atoms with van der Waals surface area (Å²) in [5, 5.41) is 18.9. The molecule has 2 atom stereocenters. The number of hydrogen-bond donors (Lipinski definition) is 2. The van der Waals surface area contributed by atoms with Crippen LogP contribution in [0, 0.1) is 0 Å². The van der Waals surface area contributed by atoms with Crippen molar-refractivity contribution in [1.29, 1.82) is 0 Å². The number of benzene rings is 1. The first-order valence-electron chi connectivity index (χ1n) is 6.43. The summed E-state index contributed by atoms with van der Waals surface area (Å²) in [6.07, 6.45) is 1.41. The van der Waals surface area contributed by atoms with Crippen LogP contribution in [0.15, 0.2) is 24.3 Å². The average molecular weight is 247 g/mol. The zero-order valence-electron chi connectivity index (χ0n) is 10.1. The normalized spacial score (nSPS) is 27.5. The maximum Gasteiger partial charge on any atom is 0.407 e. The van der Waals surface area contributed by atoms with E-state index in [0.717, 1.165) is 5.56 Å². The minimum absolute atomic E-state index is 0.186. The molecule has 96 valence electrons. The van der Waals surface area contributed by atoms with Gasteiger partial charge in [-0.1, -0.05) is 24.3 Å². The van der Waals surface area contributed by atoms with Crippen molar-refractivity contribution in [2.45, 2.75) is 37.3 Å². The molecule has 1 aromatic carbocycles. The molecule has 4 heteroatoms. The summed E-state index contributed by atoms with van der Waals surface area (Å²) in [5.74, 6) is 0.592. The first kappa shape index (κ1) is 11.5. The first-order valence-corrected chi connectivity index (χ1v) is 6.43. The molecule has 0 aromatic heterocycles. The van der Waals surface area contributed by atoms with Gasteiger partial charge in [0.2, 0.25) is 0 Å². The molecular formula is C14H17NO3. The molecule has 1 heterocycles. The van der Waals surface area contributed by atoms with E-state index in [4.69, 9.17) is 0 Å². The van der Waals surface area contributed by atoms with Crippen molar-refractivity contribution >= 4 is 6.09 Å². The number of aliphatic hydroxyl groups excluding tert-OH is 1. The fraction of sp³-hybridized carbons (Fsp3) is 0.500. The van der Waals surface area contributed by atoms with Gasteiger partial charge in [0.15, 0.2) is 0 Å². The Balaban J connectivity index is 1.95. The van der Waals surface area contributed by atoms with E-state index in [1.165, 1.54) is 23.3 Å². The number of hydrogen-bond acceptors (Lipinski definition) is 2. The van der Waals surface area contributed by atoms with Gasteiger partial charge in [0.05, 0.1) is 18.7 Å². The van der Waals surface area contributed by atoms with Gasteiger partial charge in [-0.05, 0) is 36.3 Å². The summed E-state index contributed by atoms with van der Waals surface area (Å²) >= 11 is 0. The maximum atomic E-state index is 11.2. The van der Waals surface area contributed by atoms with Crippen LogP contribution in [0.5, 0.6) is 0 Å². The van der Waals surface area contributed by atoms with E-state index in [0.29, 0.717) is 12.3 Å². The molecule has 3 rings (SSSR count). The molecular weight excluding hydrogens is 230 g/mol. The van der Waals surface area contributed by atoms with Crippen LogP contribution in [-0.2, 0) is 0 Å². The van der Waals surface area contributed by atoms with E-state index >= 15 is 0 Å². The summed E-state index contributed by atoms with van der Waals surface area (Å²) in [6, 6.07) is 7.87. The van der Waals surface area contributed by atoms with Gasteiger partial charge in [0.25, 0.3) is 0 Å². The van der Waals surface area contributed by atoms with Crippen molar-refractivity contribution in [2.24, 2.45) is 0 Å². The lowest BCUT2D eigenvalue weighted by Gasteiger charge is -2.23. The van der Waals surface area contributed by atoms with Gasteiger partial charge in [-0.3, -0.25) is 4.90 Å². The highest BCUT2D eigenvalue weighted by Gasteiger charge is 2.38. The van der Waals surface area contributed by atoms with E-state index in [9.17, 15) is 15.0 Å². The van der Waals surface area contributed by atoms with Gasteiger partial charge in [0.1, 0.15) is 0 Å². The molecule has 0 bridgehead atoms. The molecule has 1 aromatic rings. The molecule has 4 nitrogen and oxygen atoms in total. The van der Waals surface area contributed by atoms with Crippen molar-refractivity contribution in [1.82, 2.24) is 4.90 Å². The van der Waals surface area contributed by atoms with Crippen LogP contribution < -0.4 is 0 Å². The maximum absolute atomic E-state index is 11.2. The summed E-state index contributed by atoms with van der Waals surface area (Å²) in [4.78, 5) is 12.6. The highest BCUT2D eigenvalue weighted by atomic mass is 16.4. The Kier molecular flexibility index (Phi) is 2.74.